The molecule has 2 aromatic rings. The molecule has 1 atom stereocenters. The van der Waals surface area contributed by atoms with Crippen molar-refractivity contribution in [2.45, 2.75) is 32.9 Å². The van der Waals surface area contributed by atoms with Crippen LogP contribution in [0.2, 0.25) is 5.02 Å². The first-order chi connectivity index (χ1) is 10.4. The van der Waals surface area contributed by atoms with Gasteiger partial charge in [-0.05, 0) is 24.1 Å². The van der Waals surface area contributed by atoms with E-state index < -0.39 is 12.0 Å². The van der Waals surface area contributed by atoms with E-state index in [9.17, 15) is 9.59 Å². The lowest BCUT2D eigenvalue weighted by Crippen LogP contribution is -2.44. The fourth-order valence-corrected chi connectivity index (χ4v) is 2.59. The summed E-state index contributed by atoms with van der Waals surface area (Å²) < 4.78 is 1.94. The zero-order valence-electron chi connectivity index (χ0n) is 12.5. The number of hydrogen-bond acceptors (Lipinski definition) is 2. The zero-order chi connectivity index (χ0) is 16.3. The van der Waals surface area contributed by atoms with E-state index in [1.807, 2.05) is 35.0 Å². The summed E-state index contributed by atoms with van der Waals surface area (Å²) in [5.74, 6) is -1.45. The van der Waals surface area contributed by atoms with Gasteiger partial charge in [-0.15, -0.1) is 0 Å². The van der Waals surface area contributed by atoms with E-state index in [0.717, 1.165) is 10.9 Å². The van der Waals surface area contributed by atoms with Crippen molar-refractivity contribution < 1.29 is 14.7 Å². The molecule has 5 nitrogen and oxygen atoms in total. The second-order valence-electron chi connectivity index (χ2n) is 5.56. The number of amides is 1. The predicted octanol–water partition coefficient (Wildman–Crippen LogP) is 2.91. The highest BCUT2D eigenvalue weighted by Gasteiger charge is 2.23. The highest BCUT2D eigenvalue weighted by molar-refractivity contribution is 6.35. The second kappa shape index (κ2) is 6.83. The number of aryl methyl sites for hydroxylation is 1. The molecule has 0 bridgehead atoms. The molecular formula is C16H19ClN2O3. The maximum atomic E-state index is 11.9. The molecule has 0 saturated carbocycles. The summed E-state index contributed by atoms with van der Waals surface area (Å²) in [4.78, 5) is 23.0. The number of benzene rings is 1. The van der Waals surface area contributed by atoms with Gasteiger partial charge in [0.25, 0.3) is 0 Å². The summed E-state index contributed by atoms with van der Waals surface area (Å²) in [5.41, 5.74) is 0.957. The number of aliphatic carboxylic acids is 1. The SMILES string of the molecule is CC(C)[C@@H](NC(=O)CCn1ccc2c(Cl)cccc21)C(=O)O. The van der Waals surface area contributed by atoms with Gasteiger partial charge in [-0.2, -0.15) is 0 Å². The molecule has 6 heteroatoms. The smallest absolute Gasteiger partial charge is 0.326 e. The van der Waals surface area contributed by atoms with Gasteiger partial charge in [0.1, 0.15) is 6.04 Å². The second-order valence-corrected chi connectivity index (χ2v) is 5.97. The van der Waals surface area contributed by atoms with Gasteiger partial charge in [-0.1, -0.05) is 31.5 Å². The van der Waals surface area contributed by atoms with Gasteiger partial charge in [0.15, 0.2) is 0 Å². The van der Waals surface area contributed by atoms with Crippen LogP contribution in [0, 0.1) is 5.92 Å². The monoisotopic (exact) mass is 322 g/mol. The normalized spacial score (nSPS) is 12.5. The lowest BCUT2D eigenvalue weighted by molar-refractivity contribution is -0.143. The number of carboxylic acids is 1. The molecule has 22 heavy (non-hydrogen) atoms. The van der Waals surface area contributed by atoms with Crippen LogP contribution in [0.3, 0.4) is 0 Å². The first-order valence-corrected chi connectivity index (χ1v) is 7.53. The van der Waals surface area contributed by atoms with E-state index in [0.29, 0.717) is 11.6 Å². The number of carbonyl (C=O) groups excluding carboxylic acids is 1. The van der Waals surface area contributed by atoms with Gasteiger partial charge in [0.05, 0.1) is 0 Å². The van der Waals surface area contributed by atoms with Crippen molar-refractivity contribution in [3.63, 3.8) is 0 Å². The molecule has 1 heterocycles. The summed E-state index contributed by atoms with van der Waals surface area (Å²) in [6, 6.07) is 6.67. The number of rotatable bonds is 6. The average molecular weight is 323 g/mol. The van der Waals surface area contributed by atoms with Crippen molar-refractivity contribution in [1.82, 2.24) is 9.88 Å². The summed E-state index contributed by atoms with van der Waals surface area (Å²) in [6.45, 7) is 4.00. The van der Waals surface area contributed by atoms with E-state index in [1.54, 1.807) is 13.8 Å². The van der Waals surface area contributed by atoms with Crippen LogP contribution in [-0.2, 0) is 16.1 Å². The van der Waals surface area contributed by atoms with Crippen molar-refractivity contribution in [2.75, 3.05) is 0 Å². The van der Waals surface area contributed by atoms with E-state index >= 15 is 0 Å². The van der Waals surface area contributed by atoms with Crippen LogP contribution in [0.5, 0.6) is 0 Å². The Morgan fingerprint density at radius 1 is 1.32 bits per heavy atom. The maximum Gasteiger partial charge on any atom is 0.326 e. The van der Waals surface area contributed by atoms with E-state index in [2.05, 4.69) is 5.32 Å². The minimum absolute atomic E-state index is 0.160. The van der Waals surface area contributed by atoms with Crippen molar-refractivity contribution in [3.05, 3.63) is 35.5 Å². The van der Waals surface area contributed by atoms with Gasteiger partial charge in [0, 0.05) is 35.1 Å². The Hall–Kier alpha value is -2.01. The molecular weight excluding hydrogens is 304 g/mol. The van der Waals surface area contributed by atoms with Gasteiger partial charge in [0.2, 0.25) is 5.91 Å². The van der Waals surface area contributed by atoms with Crippen molar-refractivity contribution in [1.29, 1.82) is 0 Å². The van der Waals surface area contributed by atoms with Crippen LogP contribution in [0.15, 0.2) is 30.5 Å². The lowest BCUT2D eigenvalue weighted by Gasteiger charge is -2.18. The molecule has 0 fully saturated rings. The molecule has 1 aromatic heterocycles. The van der Waals surface area contributed by atoms with Crippen LogP contribution in [0.4, 0.5) is 0 Å². The Morgan fingerprint density at radius 2 is 2.05 bits per heavy atom. The number of nitrogens with one attached hydrogen (secondary N) is 1. The van der Waals surface area contributed by atoms with Gasteiger partial charge >= 0.3 is 5.97 Å². The molecule has 0 unspecified atom stereocenters. The summed E-state index contributed by atoms with van der Waals surface area (Å²) in [7, 11) is 0. The Balaban J connectivity index is 2.01. The summed E-state index contributed by atoms with van der Waals surface area (Å²) in [5, 5.41) is 13.3. The molecule has 0 saturated heterocycles. The molecule has 2 N–H and O–H groups in total. The first-order valence-electron chi connectivity index (χ1n) is 7.15. The Kier molecular flexibility index (Phi) is 5.08. The van der Waals surface area contributed by atoms with E-state index in [-0.39, 0.29) is 18.2 Å². The quantitative estimate of drug-likeness (QED) is 0.859. The highest BCUT2D eigenvalue weighted by Crippen LogP contribution is 2.24. The Labute approximate surface area is 133 Å². The third-order valence-electron chi connectivity index (χ3n) is 3.59. The average Bonchev–Trinajstić information content (AvgIpc) is 2.86. The number of carboxylic acid groups (broad SMARTS) is 1. The number of nitrogens with zero attached hydrogens (tertiary/aromatic N) is 1. The van der Waals surface area contributed by atoms with Crippen LogP contribution in [-0.4, -0.2) is 27.6 Å². The summed E-state index contributed by atoms with van der Waals surface area (Å²) in [6.07, 6.45) is 2.09. The van der Waals surface area contributed by atoms with Crippen molar-refractivity contribution >= 4 is 34.4 Å². The topological polar surface area (TPSA) is 71.3 Å². The maximum absolute atomic E-state index is 11.9. The van der Waals surface area contributed by atoms with Crippen LogP contribution < -0.4 is 5.32 Å². The number of aromatic nitrogens is 1. The lowest BCUT2D eigenvalue weighted by atomic mass is 10.0. The fourth-order valence-electron chi connectivity index (χ4n) is 2.36. The van der Waals surface area contributed by atoms with Crippen LogP contribution in [0.25, 0.3) is 10.9 Å². The standard InChI is InChI=1S/C16H19ClN2O3/c1-10(2)15(16(21)22)18-14(20)7-9-19-8-6-11-12(17)4-3-5-13(11)19/h3-6,8,10,15H,7,9H2,1-2H3,(H,18,20)(H,21,22)/t15-/m1/s1. The third-order valence-corrected chi connectivity index (χ3v) is 3.92. The number of carbonyl (C=O) groups is 2. The van der Waals surface area contributed by atoms with E-state index in [1.165, 1.54) is 0 Å². The molecule has 118 valence electrons. The van der Waals surface area contributed by atoms with Gasteiger partial charge in [-0.3, -0.25) is 4.79 Å². The highest BCUT2D eigenvalue weighted by atomic mass is 35.5. The minimum Gasteiger partial charge on any atom is -0.480 e. The molecule has 0 aliphatic carbocycles. The van der Waals surface area contributed by atoms with Gasteiger partial charge < -0.3 is 15.0 Å². The van der Waals surface area contributed by atoms with E-state index in [4.69, 9.17) is 16.7 Å². The van der Waals surface area contributed by atoms with Crippen LogP contribution >= 0.6 is 11.6 Å². The molecule has 1 aromatic carbocycles. The van der Waals surface area contributed by atoms with Crippen molar-refractivity contribution in [3.8, 4) is 0 Å². The number of hydrogen-bond donors (Lipinski definition) is 2. The fraction of sp³-hybridized carbons (Fsp3) is 0.375. The minimum atomic E-state index is -1.01. The molecule has 0 spiro atoms. The zero-order valence-corrected chi connectivity index (χ0v) is 13.3. The predicted molar refractivity (Wildman–Crippen MR) is 86.0 cm³/mol. The number of halogens is 1. The largest absolute Gasteiger partial charge is 0.480 e. The Bertz CT molecular complexity index is 694. The summed E-state index contributed by atoms with van der Waals surface area (Å²) >= 11 is 6.11. The van der Waals surface area contributed by atoms with Crippen LogP contribution in [0.1, 0.15) is 20.3 Å². The third kappa shape index (κ3) is 3.60. The Morgan fingerprint density at radius 3 is 2.68 bits per heavy atom. The van der Waals surface area contributed by atoms with Crippen molar-refractivity contribution in [2.24, 2.45) is 5.92 Å². The molecule has 0 radical (unpaired) electrons. The first kappa shape index (κ1) is 16.4. The molecule has 2 rings (SSSR count). The molecule has 0 aliphatic rings. The van der Waals surface area contributed by atoms with Gasteiger partial charge in [-0.25, -0.2) is 4.79 Å². The molecule has 1 amide bonds. The molecule has 0 aliphatic heterocycles. The number of fused-ring (bicyclic) bond motifs is 1.